The number of aromatic nitrogens is 4. The second-order valence-corrected chi connectivity index (χ2v) is 5.46. The third-order valence-corrected chi connectivity index (χ3v) is 3.86. The van der Waals surface area contributed by atoms with E-state index in [1.165, 1.54) is 12.8 Å². The molecule has 2 N–H and O–H groups in total. The first-order valence-corrected chi connectivity index (χ1v) is 7.09. The van der Waals surface area contributed by atoms with E-state index in [1.54, 1.807) is 0 Å². The van der Waals surface area contributed by atoms with Crippen molar-refractivity contribution in [2.24, 2.45) is 0 Å². The minimum absolute atomic E-state index is 0.494. The van der Waals surface area contributed by atoms with Crippen LogP contribution < -0.4 is 5.32 Å². The van der Waals surface area contributed by atoms with Crippen LogP contribution in [0.25, 0.3) is 17.0 Å². The Bertz CT molecular complexity index is 756. The van der Waals surface area contributed by atoms with Crippen LogP contribution >= 0.6 is 11.6 Å². The molecule has 1 aliphatic rings. The van der Waals surface area contributed by atoms with Crippen molar-refractivity contribution in [2.45, 2.75) is 25.4 Å². The van der Waals surface area contributed by atoms with Gasteiger partial charge in [-0.2, -0.15) is 5.10 Å². The topological polar surface area (TPSA) is 58.0 Å². The van der Waals surface area contributed by atoms with Crippen molar-refractivity contribution in [2.75, 3.05) is 0 Å². The predicted octanol–water partition coefficient (Wildman–Crippen LogP) is 2.63. The minimum atomic E-state index is 0.494. The van der Waals surface area contributed by atoms with Gasteiger partial charge in [-0.05, 0) is 25.0 Å². The lowest BCUT2D eigenvalue weighted by molar-refractivity contribution is 0.689. The van der Waals surface area contributed by atoms with Gasteiger partial charge in [0.1, 0.15) is 11.3 Å². The molecular weight excluding hydrogens is 274 g/mol. The number of imidazole rings is 1. The Balaban J connectivity index is 1.78. The molecule has 0 radical (unpaired) electrons. The van der Waals surface area contributed by atoms with E-state index in [0.29, 0.717) is 11.2 Å². The summed E-state index contributed by atoms with van der Waals surface area (Å²) in [4.78, 5) is 4.38. The number of nitrogens with zero attached hydrogens (tertiary/aromatic N) is 3. The number of rotatable bonds is 4. The van der Waals surface area contributed by atoms with Crippen molar-refractivity contribution in [3.63, 3.8) is 0 Å². The van der Waals surface area contributed by atoms with Crippen LogP contribution in [0.1, 0.15) is 18.4 Å². The van der Waals surface area contributed by atoms with Gasteiger partial charge in [0.25, 0.3) is 0 Å². The summed E-state index contributed by atoms with van der Waals surface area (Å²) in [6.45, 7) is 0.799. The molecule has 5 nitrogen and oxygen atoms in total. The molecule has 4 rings (SSSR count). The zero-order chi connectivity index (χ0) is 13.5. The third-order valence-electron chi connectivity index (χ3n) is 3.60. The molecule has 1 fully saturated rings. The van der Waals surface area contributed by atoms with Crippen LogP contribution in [0.3, 0.4) is 0 Å². The van der Waals surface area contributed by atoms with E-state index in [4.69, 9.17) is 11.6 Å². The molecule has 0 saturated heterocycles. The molecule has 0 bridgehead atoms. The lowest BCUT2D eigenvalue weighted by Gasteiger charge is -2.05. The third kappa shape index (κ3) is 1.99. The molecule has 0 spiro atoms. The van der Waals surface area contributed by atoms with Crippen LogP contribution in [0.15, 0.2) is 30.6 Å². The quantitative estimate of drug-likeness (QED) is 0.775. The van der Waals surface area contributed by atoms with Crippen molar-refractivity contribution in [3.05, 3.63) is 41.3 Å². The second kappa shape index (κ2) is 4.61. The molecule has 102 valence electrons. The number of aromatic amines is 1. The van der Waals surface area contributed by atoms with Gasteiger partial charge in [0.2, 0.25) is 0 Å². The molecule has 0 amide bonds. The summed E-state index contributed by atoms with van der Waals surface area (Å²) in [6.07, 6.45) is 6.35. The Hall–Kier alpha value is -1.85. The van der Waals surface area contributed by atoms with E-state index < -0.39 is 0 Å². The number of fused-ring (bicyclic) bond motifs is 1. The van der Waals surface area contributed by atoms with Gasteiger partial charge < -0.3 is 5.32 Å². The molecule has 1 aliphatic carbocycles. The Morgan fingerprint density at radius 2 is 2.30 bits per heavy atom. The van der Waals surface area contributed by atoms with Crippen molar-refractivity contribution in [1.29, 1.82) is 0 Å². The maximum atomic E-state index is 6.31. The summed E-state index contributed by atoms with van der Waals surface area (Å²) in [5.41, 5.74) is 3.75. The highest BCUT2D eigenvalue weighted by Crippen LogP contribution is 2.30. The highest BCUT2D eigenvalue weighted by atomic mass is 35.5. The molecule has 3 heterocycles. The van der Waals surface area contributed by atoms with E-state index in [2.05, 4.69) is 20.5 Å². The Kier molecular flexibility index (Phi) is 2.75. The van der Waals surface area contributed by atoms with Gasteiger partial charge >= 0.3 is 0 Å². The monoisotopic (exact) mass is 287 g/mol. The number of pyridine rings is 1. The molecule has 6 heteroatoms. The minimum Gasteiger partial charge on any atom is -0.310 e. The average molecular weight is 288 g/mol. The highest BCUT2D eigenvalue weighted by Gasteiger charge is 2.22. The van der Waals surface area contributed by atoms with Crippen LogP contribution in [0.4, 0.5) is 0 Å². The molecule has 3 aromatic rings. The van der Waals surface area contributed by atoms with Crippen molar-refractivity contribution >= 4 is 17.2 Å². The Morgan fingerprint density at radius 1 is 1.40 bits per heavy atom. The van der Waals surface area contributed by atoms with Crippen LogP contribution in [0.5, 0.6) is 0 Å². The maximum absolute atomic E-state index is 6.31. The first-order chi connectivity index (χ1) is 9.83. The fourth-order valence-corrected chi connectivity index (χ4v) is 2.65. The smallest absolute Gasteiger partial charge is 0.157 e. The number of hydrogen-bond donors (Lipinski definition) is 2. The average Bonchev–Trinajstić information content (AvgIpc) is 3.07. The molecule has 1 saturated carbocycles. The highest BCUT2D eigenvalue weighted by molar-refractivity contribution is 6.32. The number of nitrogens with one attached hydrogen (secondary N) is 2. The Labute approximate surface area is 121 Å². The molecule has 0 atom stereocenters. The van der Waals surface area contributed by atoms with E-state index in [9.17, 15) is 0 Å². The second-order valence-electron chi connectivity index (χ2n) is 5.11. The van der Waals surface area contributed by atoms with Gasteiger partial charge in [0.15, 0.2) is 5.15 Å². The number of halogens is 1. The summed E-state index contributed by atoms with van der Waals surface area (Å²) in [5.74, 6) is 0. The molecule has 3 aromatic heterocycles. The predicted molar refractivity (Wildman–Crippen MR) is 77.6 cm³/mol. The largest absolute Gasteiger partial charge is 0.310 e. The van der Waals surface area contributed by atoms with Crippen LogP contribution in [-0.2, 0) is 6.54 Å². The van der Waals surface area contributed by atoms with Gasteiger partial charge in [-0.15, -0.1) is 0 Å². The fraction of sp³-hybridized carbons (Fsp3) is 0.286. The molecule has 0 aliphatic heterocycles. The summed E-state index contributed by atoms with van der Waals surface area (Å²) < 4.78 is 1.98. The summed E-state index contributed by atoms with van der Waals surface area (Å²) in [5, 5.41) is 11.2. The SMILES string of the molecule is Clc1nc2ccccn2c1-c1[nH]ncc1CNC1CC1. The zero-order valence-electron chi connectivity index (χ0n) is 10.8. The van der Waals surface area contributed by atoms with Gasteiger partial charge in [-0.1, -0.05) is 17.7 Å². The lowest BCUT2D eigenvalue weighted by atomic mass is 10.2. The first kappa shape index (κ1) is 11.9. The standard InChI is InChI=1S/C14H14ClN5/c15-14-13(20-6-2-1-3-11(20)18-14)12-9(8-17-19-12)7-16-10-4-5-10/h1-3,6,8,10,16H,4-5,7H2,(H,17,19). The van der Waals surface area contributed by atoms with Crippen LogP contribution in [0.2, 0.25) is 5.15 Å². The Morgan fingerprint density at radius 3 is 3.15 bits per heavy atom. The van der Waals surface area contributed by atoms with Crippen molar-refractivity contribution in [3.8, 4) is 11.4 Å². The van der Waals surface area contributed by atoms with Gasteiger partial charge in [-0.25, -0.2) is 4.98 Å². The lowest BCUT2D eigenvalue weighted by Crippen LogP contribution is -2.15. The molecule has 20 heavy (non-hydrogen) atoms. The van der Waals surface area contributed by atoms with Crippen LogP contribution in [-0.4, -0.2) is 25.6 Å². The van der Waals surface area contributed by atoms with Crippen LogP contribution in [0, 0.1) is 0 Å². The maximum Gasteiger partial charge on any atom is 0.157 e. The zero-order valence-corrected chi connectivity index (χ0v) is 11.6. The van der Waals surface area contributed by atoms with Gasteiger partial charge in [0, 0.05) is 24.3 Å². The first-order valence-electron chi connectivity index (χ1n) is 6.71. The van der Waals surface area contributed by atoms with Gasteiger partial charge in [0.05, 0.1) is 11.9 Å². The fourth-order valence-electron chi connectivity index (χ4n) is 2.38. The summed E-state index contributed by atoms with van der Waals surface area (Å²) in [7, 11) is 0. The van der Waals surface area contributed by atoms with Gasteiger partial charge in [-0.3, -0.25) is 9.50 Å². The van der Waals surface area contributed by atoms with E-state index in [0.717, 1.165) is 29.1 Å². The molecular formula is C14H14ClN5. The molecule has 0 aromatic carbocycles. The van der Waals surface area contributed by atoms with Crippen molar-refractivity contribution < 1.29 is 0 Å². The van der Waals surface area contributed by atoms with E-state index in [1.807, 2.05) is 35.0 Å². The number of hydrogen-bond acceptors (Lipinski definition) is 3. The normalized spacial score (nSPS) is 15.1. The summed E-state index contributed by atoms with van der Waals surface area (Å²) >= 11 is 6.31. The summed E-state index contributed by atoms with van der Waals surface area (Å²) in [6, 6.07) is 6.52. The van der Waals surface area contributed by atoms with E-state index in [-0.39, 0.29) is 0 Å². The van der Waals surface area contributed by atoms with Crippen molar-refractivity contribution in [1.82, 2.24) is 24.9 Å². The molecule has 0 unspecified atom stereocenters. The number of H-pyrrole nitrogens is 1. The van der Waals surface area contributed by atoms with E-state index >= 15 is 0 Å².